The Labute approximate surface area is 160 Å². The van der Waals surface area contributed by atoms with Crippen LogP contribution in [0.15, 0.2) is 65.3 Å². The van der Waals surface area contributed by atoms with Crippen LogP contribution in [0.3, 0.4) is 0 Å². The van der Waals surface area contributed by atoms with Crippen LogP contribution in [-0.4, -0.2) is 23.7 Å². The van der Waals surface area contributed by atoms with E-state index in [1.165, 1.54) is 0 Å². The summed E-state index contributed by atoms with van der Waals surface area (Å²) in [6.07, 6.45) is 1.63. The van der Waals surface area contributed by atoms with Crippen molar-refractivity contribution in [2.24, 2.45) is 4.99 Å². The summed E-state index contributed by atoms with van der Waals surface area (Å²) in [5, 5.41) is 6.51. The second-order valence-corrected chi connectivity index (χ2v) is 6.33. The molecule has 0 atom stereocenters. The number of hydrogen-bond acceptors (Lipinski definition) is 3. The van der Waals surface area contributed by atoms with Crippen LogP contribution in [0.4, 0.5) is 5.69 Å². The molecule has 0 saturated heterocycles. The molecule has 0 saturated carbocycles. The zero-order valence-corrected chi connectivity index (χ0v) is 16.2. The van der Waals surface area contributed by atoms with Gasteiger partial charge in [-0.2, -0.15) is 0 Å². The van der Waals surface area contributed by atoms with E-state index in [-0.39, 0.29) is 5.91 Å². The second-order valence-electron chi connectivity index (χ2n) is 4.87. The van der Waals surface area contributed by atoms with Crippen LogP contribution in [0.25, 0.3) is 11.1 Å². The molecule has 2 aromatic carbocycles. The Morgan fingerprint density at radius 1 is 1.17 bits per heavy atom. The minimum absolute atomic E-state index is 0.222. The SMILES string of the molecule is C/N=C(I)\C(=C/NC)C(=O)Nc1ccccc1-c1ccc(Cl)cc1. The number of nitrogens with one attached hydrogen (secondary N) is 2. The second kappa shape index (κ2) is 8.84. The predicted molar refractivity (Wildman–Crippen MR) is 110 cm³/mol. The first-order chi connectivity index (χ1) is 11.6. The fraction of sp³-hybridized carbons (Fsp3) is 0.111. The highest BCUT2D eigenvalue weighted by atomic mass is 127. The van der Waals surface area contributed by atoms with Crippen molar-refractivity contribution in [3.63, 3.8) is 0 Å². The summed E-state index contributed by atoms with van der Waals surface area (Å²) in [5.74, 6) is -0.222. The van der Waals surface area contributed by atoms with E-state index in [4.69, 9.17) is 11.6 Å². The van der Waals surface area contributed by atoms with Gasteiger partial charge in [-0.15, -0.1) is 0 Å². The molecule has 0 radical (unpaired) electrons. The summed E-state index contributed by atoms with van der Waals surface area (Å²) in [6.45, 7) is 0. The molecule has 0 fully saturated rings. The van der Waals surface area contributed by atoms with Gasteiger partial charge in [-0.3, -0.25) is 9.79 Å². The maximum Gasteiger partial charge on any atom is 0.259 e. The number of carbonyl (C=O) groups is 1. The summed E-state index contributed by atoms with van der Waals surface area (Å²) in [6, 6.07) is 15.2. The van der Waals surface area contributed by atoms with E-state index in [0.29, 0.717) is 14.3 Å². The Morgan fingerprint density at radius 3 is 2.46 bits per heavy atom. The number of aliphatic imine (C=N–C) groups is 1. The highest BCUT2D eigenvalue weighted by Crippen LogP contribution is 2.29. The number of carbonyl (C=O) groups excluding carboxylic acids is 1. The Balaban J connectivity index is 2.35. The molecule has 2 aromatic rings. The number of hydrogen-bond donors (Lipinski definition) is 2. The number of nitrogens with zero attached hydrogens (tertiary/aromatic N) is 1. The zero-order valence-electron chi connectivity index (χ0n) is 13.3. The minimum Gasteiger partial charge on any atom is -0.393 e. The van der Waals surface area contributed by atoms with E-state index < -0.39 is 0 Å². The lowest BCUT2D eigenvalue weighted by Crippen LogP contribution is -2.20. The van der Waals surface area contributed by atoms with Gasteiger partial charge in [0.25, 0.3) is 5.91 Å². The molecule has 0 aliphatic carbocycles. The summed E-state index contributed by atoms with van der Waals surface area (Å²) in [7, 11) is 3.40. The molecule has 24 heavy (non-hydrogen) atoms. The monoisotopic (exact) mass is 453 g/mol. The van der Waals surface area contributed by atoms with E-state index >= 15 is 0 Å². The van der Waals surface area contributed by atoms with E-state index in [1.807, 2.05) is 71.1 Å². The molecule has 0 bridgehead atoms. The van der Waals surface area contributed by atoms with Gasteiger partial charge in [-0.05, 0) is 46.4 Å². The maximum absolute atomic E-state index is 12.6. The summed E-state index contributed by atoms with van der Waals surface area (Å²) >= 11 is 7.99. The van der Waals surface area contributed by atoms with Gasteiger partial charge in [0, 0.05) is 36.6 Å². The summed E-state index contributed by atoms with van der Waals surface area (Å²) in [4.78, 5) is 16.7. The number of halogens is 2. The first-order valence-corrected chi connectivity index (χ1v) is 8.69. The molecule has 0 spiro atoms. The molecule has 0 unspecified atom stereocenters. The highest BCUT2D eigenvalue weighted by Gasteiger charge is 2.15. The number of benzene rings is 2. The minimum atomic E-state index is -0.222. The molecule has 0 aliphatic rings. The van der Waals surface area contributed by atoms with E-state index in [1.54, 1.807) is 20.3 Å². The molecule has 6 heteroatoms. The van der Waals surface area contributed by atoms with Gasteiger partial charge >= 0.3 is 0 Å². The normalized spacial score (nSPS) is 12.0. The fourth-order valence-corrected chi connectivity index (χ4v) is 2.67. The van der Waals surface area contributed by atoms with Gasteiger partial charge < -0.3 is 10.6 Å². The van der Waals surface area contributed by atoms with E-state index in [2.05, 4.69) is 15.6 Å². The third-order valence-electron chi connectivity index (χ3n) is 3.28. The van der Waals surface area contributed by atoms with Crippen molar-refractivity contribution in [1.82, 2.24) is 5.32 Å². The molecular weight excluding hydrogens is 437 g/mol. The van der Waals surface area contributed by atoms with Crippen molar-refractivity contribution in [2.45, 2.75) is 0 Å². The number of para-hydroxylation sites is 1. The molecule has 2 rings (SSSR count). The van der Waals surface area contributed by atoms with Crippen molar-refractivity contribution in [1.29, 1.82) is 0 Å². The van der Waals surface area contributed by atoms with Crippen LogP contribution in [0.2, 0.25) is 5.02 Å². The van der Waals surface area contributed by atoms with Crippen LogP contribution in [-0.2, 0) is 4.79 Å². The van der Waals surface area contributed by atoms with Gasteiger partial charge in [0.05, 0.1) is 5.57 Å². The van der Waals surface area contributed by atoms with Crippen LogP contribution in [0, 0.1) is 0 Å². The fourth-order valence-electron chi connectivity index (χ4n) is 2.15. The van der Waals surface area contributed by atoms with Crippen molar-refractivity contribution >= 4 is 49.5 Å². The number of rotatable bonds is 5. The van der Waals surface area contributed by atoms with Crippen molar-refractivity contribution in [2.75, 3.05) is 19.4 Å². The van der Waals surface area contributed by atoms with E-state index in [9.17, 15) is 4.79 Å². The zero-order chi connectivity index (χ0) is 17.5. The van der Waals surface area contributed by atoms with Crippen LogP contribution in [0.5, 0.6) is 0 Å². The van der Waals surface area contributed by atoms with Crippen LogP contribution >= 0.6 is 34.2 Å². The molecule has 1 amide bonds. The Hall–Kier alpha value is -1.86. The Morgan fingerprint density at radius 2 is 1.83 bits per heavy atom. The van der Waals surface area contributed by atoms with Crippen LogP contribution < -0.4 is 10.6 Å². The molecule has 0 heterocycles. The Kier molecular flexibility index (Phi) is 6.81. The lowest BCUT2D eigenvalue weighted by Gasteiger charge is -2.13. The lowest BCUT2D eigenvalue weighted by atomic mass is 10.0. The molecule has 4 nitrogen and oxygen atoms in total. The standard InChI is InChI=1S/C18H17ClIN3O/c1-21-11-15(17(20)22-2)18(24)23-16-6-4-3-5-14(16)12-7-9-13(19)10-8-12/h3-11,21H,1-2H3,(H,23,24)/b15-11+,22-17+. The predicted octanol–water partition coefficient (Wildman–Crippen LogP) is 4.51. The highest BCUT2D eigenvalue weighted by molar-refractivity contribution is 14.1. The van der Waals surface area contributed by atoms with Crippen LogP contribution in [0.1, 0.15) is 0 Å². The third kappa shape index (κ3) is 4.58. The molecule has 0 aliphatic heterocycles. The molecule has 2 N–H and O–H groups in total. The number of anilines is 1. The van der Waals surface area contributed by atoms with Gasteiger partial charge in [0.1, 0.15) is 3.72 Å². The molecular formula is C18H17ClIN3O. The van der Waals surface area contributed by atoms with E-state index in [0.717, 1.165) is 16.8 Å². The average Bonchev–Trinajstić information content (AvgIpc) is 2.60. The molecule has 124 valence electrons. The largest absolute Gasteiger partial charge is 0.393 e. The first-order valence-electron chi connectivity index (χ1n) is 7.23. The Bertz CT molecular complexity index is 785. The topological polar surface area (TPSA) is 53.5 Å². The van der Waals surface area contributed by atoms with Gasteiger partial charge in [0.15, 0.2) is 0 Å². The first kappa shape index (κ1) is 18.5. The van der Waals surface area contributed by atoms with Crippen molar-refractivity contribution in [3.05, 3.63) is 65.3 Å². The van der Waals surface area contributed by atoms with Crippen molar-refractivity contribution in [3.8, 4) is 11.1 Å². The van der Waals surface area contributed by atoms with Gasteiger partial charge in [-0.1, -0.05) is 41.9 Å². The van der Waals surface area contributed by atoms with Gasteiger partial charge in [-0.25, -0.2) is 0 Å². The lowest BCUT2D eigenvalue weighted by molar-refractivity contribution is -0.112. The van der Waals surface area contributed by atoms with Gasteiger partial charge in [0.2, 0.25) is 0 Å². The quantitative estimate of drug-likeness (QED) is 0.397. The summed E-state index contributed by atoms with van der Waals surface area (Å²) in [5.41, 5.74) is 3.11. The third-order valence-corrected chi connectivity index (χ3v) is 4.60. The smallest absolute Gasteiger partial charge is 0.259 e. The van der Waals surface area contributed by atoms with Crippen molar-refractivity contribution < 1.29 is 4.79 Å². The molecule has 0 aromatic heterocycles. The number of amides is 1. The maximum atomic E-state index is 12.6. The average molecular weight is 454 g/mol. The summed E-state index contributed by atoms with van der Waals surface area (Å²) < 4.78 is 0.628.